The van der Waals surface area contributed by atoms with E-state index in [2.05, 4.69) is 52.8 Å². The zero-order valence-electron chi connectivity index (χ0n) is 15.0. The minimum atomic E-state index is 0. The molecule has 5 heteroatoms. The summed E-state index contributed by atoms with van der Waals surface area (Å²) in [6, 6.07) is 15.2. The number of nitrogens with one attached hydrogen (secondary N) is 2. The first-order chi connectivity index (χ1) is 11.7. The van der Waals surface area contributed by atoms with Crippen LogP contribution in [0.15, 0.2) is 42.5 Å². The van der Waals surface area contributed by atoms with Gasteiger partial charge in [-0.25, -0.2) is 0 Å². The number of hydrogen-bond acceptors (Lipinski definition) is 3. The maximum Gasteiger partial charge on any atom is 0.234 e. The second-order valence-corrected chi connectivity index (χ2v) is 6.76. The summed E-state index contributed by atoms with van der Waals surface area (Å²) in [5.74, 6) is 0.104. The lowest BCUT2D eigenvalue weighted by Gasteiger charge is -2.32. The summed E-state index contributed by atoms with van der Waals surface area (Å²) >= 11 is 0. The normalized spacial score (nSPS) is 19.2. The standard InChI is InChI=1S/C20H27N3O.ClH/c1-15(17-10-9-16-6-3-4-7-18(16)12-17)22-20(24)14-23-11-5-8-19(13-23)21-2;/h3-4,6-7,9-10,12,15,19,21H,5,8,11,13-14H2,1-2H3,(H,22,24);1H. The summed E-state index contributed by atoms with van der Waals surface area (Å²) in [7, 11) is 2.00. The Morgan fingerprint density at radius 2 is 2.00 bits per heavy atom. The van der Waals surface area contributed by atoms with Gasteiger partial charge in [0, 0.05) is 12.6 Å². The smallest absolute Gasteiger partial charge is 0.234 e. The number of likely N-dealkylation sites (tertiary alicyclic amines) is 1. The van der Waals surface area contributed by atoms with Gasteiger partial charge in [0.15, 0.2) is 0 Å². The molecule has 4 nitrogen and oxygen atoms in total. The molecule has 0 spiro atoms. The third-order valence-electron chi connectivity index (χ3n) is 4.93. The molecule has 0 saturated carbocycles. The van der Waals surface area contributed by atoms with Gasteiger partial charge >= 0.3 is 0 Å². The Kier molecular flexibility index (Phi) is 7.24. The lowest BCUT2D eigenvalue weighted by Crippen LogP contribution is -2.48. The van der Waals surface area contributed by atoms with Crippen LogP contribution in [0, 0.1) is 0 Å². The molecule has 136 valence electrons. The van der Waals surface area contributed by atoms with Crippen LogP contribution in [0.4, 0.5) is 0 Å². The zero-order chi connectivity index (χ0) is 16.9. The summed E-state index contributed by atoms with van der Waals surface area (Å²) in [6.45, 7) is 4.49. The molecular weight excluding hydrogens is 334 g/mol. The fraction of sp³-hybridized carbons (Fsp3) is 0.450. The zero-order valence-corrected chi connectivity index (χ0v) is 15.8. The van der Waals surface area contributed by atoms with E-state index in [1.807, 2.05) is 19.2 Å². The maximum absolute atomic E-state index is 12.4. The van der Waals surface area contributed by atoms with Crippen molar-refractivity contribution in [1.82, 2.24) is 15.5 Å². The monoisotopic (exact) mass is 361 g/mol. The van der Waals surface area contributed by atoms with Gasteiger partial charge in [0.05, 0.1) is 12.6 Å². The first-order valence-corrected chi connectivity index (χ1v) is 8.83. The Labute approximate surface area is 156 Å². The number of likely N-dealkylation sites (N-methyl/N-ethyl adjacent to an activating group) is 1. The van der Waals surface area contributed by atoms with Crippen molar-refractivity contribution >= 4 is 29.1 Å². The molecule has 3 rings (SSSR count). The van der Waals surface area contributed by atoms with Crippen LogP contribution < -0.4 is 10.6 Å². The van der Waals surface area contributed by atoms with E-state index < -0.39 is 0 Å². The van der Waals surface area contributed by atoms with Crippen molar-refractivity contribution in [2.75, 3.05) is 26.7 Å². The predicted octanol–water partition coefficient (Wildman–Crippen LogP) is 3.12. The molecule has 0 aliphatic carbocycles. The molecule has 2 aromatic rings. The van der Waals surface area contributed by atoms with Gasteiger partial charge in [0.1, 0.15) is 0 Å². The van der Waals surface area contributed by atoms with Crippen molar-refractivity contribution in [3.05, 3.63) is 48.0 Å². The number of carbonyl (C=O) groups excluding carboxylic acids is 1. The van der Waals surface area contributed by atoms with Crippen molar-refractivity contribution in [3.63, 3.8) is 0 Å². The molecule has 1 aliphatic heterocycles. The topological polar surface area (TPSA) is 44.4 Å². The van der Waals surface area contributed by atoms with E-state index in [9.17, 15) is 4.79 Å². The van der Waals surface area contributed by atoms with Crippen LogP contribution in [0.5, 0.6) is 0 Å². The molecule has 1 saturated heterocycles. The highest BCUT2D eigenvalue weighted by Gasteiger charge is 2.21. The number of hydrogen-bond donors (Lipinski definition) is 2. The third-order valence-corrected chi connectivity index (χ3v) is 4.93. The Bertz CT molecular complexity index is 706. The molecule has 2 aromatic carbocycles. The van der Waals surface area contributed by atoms with Crippen LogP contribution in [0.2, 0.25) is 0 Å². The summed E-state index contributed by atoms with van der Waals surface area (Å²) in [6.07, 6.45) is 2.35. The number of carbonyl (C=O) groups is 1. The van der Waals surface area contributed by atoms with Crippen molar-refractivity contribution < 1.29 is 4.79 Å². The molecule has 2 atom stereocenters. The predicted molar refractivity (Wildman–Crippen MR) is 106 cm³/mol. The first kappa shape index (κ1) is 19.7. The average molecular weight is 362 g/mol. The van der Waals surface area contributed by atoms with E-state index in [-0.39, 0.29) is 24.4 Å². The van der Waals surface area contributed by atoms with E-state index in [1.54, 1.807) is 0 Å². The van der Waals surface area contributed by atoms with Crippen LogP contribution in [0.25, 0.3) is 10.8 Å². The van der Waals surface area contributed by atoms with Crippen LogP contribution in [-0.4, -0.2) is 43.5 Å². The van der Waals surface area contributed by atoms with Crippen molar-refractivity contribution in [3.8, 4) is 0 Å². The molecule has 0 radical (unpaired) electrons. The molecule has 1 aliphatic rings. The number of benzene rings is 2. The molecule has 0 aromatic heterocycles. The average Bonchev–Trinajstić information content (AvgIpc) is 2.61. The fourth-order valence-corrected chi connectivity index (χ4v) is 3.49. The van der Waals surface area contributed by atoms with E-state index in [0.717, 1.165) is 25.1 Å². The highest BCUT2D eigenvalue weighted by Crippen LogP contribution is 2.20. The molecule has 25 heavy (non-hydrogen) atoms. The number of fused-ring (bicyclic) bond motifs is 1. The van der Waals surface area contributed by atoms with Gasteiger partial charge in [0.25, 0.3) is 0 Å². The summed E-state index contributed by atoms with van der Waals surface area (Å²) < 4.78 is 0. The quantitative estimate of drug-likeness (QED) is 0.860. The lowest BCUT2D eigenvalue weighted by molar-refractivity contribution is -0.123. The summed E-state index contributed by atoms with van der Waals surface area (Å²) in [5, 5.41) is 8.90. The Morgan fingerprint density at radius 3 is 2.76 bits per heavy atom. The SMILES string of the molecule is CNC1CCCN(CC(=O)NC(C)c2ccc3ccccc3c2)C1.Cl. The van der Waals surface area contributed by atoms with Gasteiger partial charge in [0.2, 0.25) is 5.91 Å². The number of rotatable bonds is 5. The molecule has 2 N–H and O–H groups in total. The Hall–Kier alpha value is -1.62. The molecule has 0 bridgehead atoms. The van der Waals surface area contributed by atoms with Crippen LogP contribution in [0.1, 0.15) is 31.4 Å². The minimum absolute atomic E-state index is 0. The van der Waals surface area contributed by atoms with E-state index in [4.69, 9.17) is 0 Å². The van der Waals surface area contributed by atoms with Crippen LogP contribution >= 0.6 is 12.4 Å². The maximum atomic E-state index is 12.4. The minimum Gasteiger partial charge on any atom is -0.348 e. The second-order valence-electron chi connectivity index (χ2n) is 6.76. The third kappa shape index (κ3) is 5.18. The molecule has 1 fully saturated rings. The molecule has 1 heterocycles. The summed E-state index contributed by atoms with van der Waals surface area (Å²) in [5.41, 5.74) is 1.15. The van der Waals surface area contributed by atoms with Crippen molar-refractivity contribution in [2.45, 2.75) is 31.8 Å². The second kappa shape index (κ2) is 9.18. The van der Waals surface area contributed by atoms with Crippen LogP contribution in [-0.2, 0) is 4.79 Å². The van der Waals surface area contributed by atoms with Gasteiger partial charge in [-0.15, -0.1) is 12.4 Å². The van der Waals surface area contributed by atoms with E-state index in [0.29, 0.717) is 12.6 Å². The highest BCUT2D eigenvalue weighted by atomic mass is 35.5. The molecule has 1 amide bonds. The van der Waals surface area contributed by atoms with E-state index >= 15 is 0 Å². The summed E-state index contributed by atoms with van der Waals surface area (Å²) in [4.78, 5) is 14.6. The Morgan fingerprint density at radius 1 is 1.24 bits per heavy atom. The van der Waals surface area contributed by atoms with Gasteiger partial charge in [-0.05, 0) is 55.8 Å². The molecule has 2 unspecified atom stereocenters. The van der Waals surface area contributed by atoms with Crippen molar-refractivity contribution in [1.29, 1.82) is 0 Å². The number of nitrogens with zero attached hydrogens (tertiary/aromatic N) is 1. The van der Waals surface area contributed by atoms with Crippen molar-refractivity contribution in [2.24, 2.45) is 0 Å². The van der Waals surface area contributed by atoms with E-state index in [1.165, 1.54) is 17.2 Å². The Balaban J connectivity index is 0.00000225. The first-order valence-electron chi connectivity index (χ1n) is 8.83. The van der Waals surface area contributed by atoms with Gasteiger partial charge in [-0.2, -0.15) is 0 Å². The fourth-order valence-electron chi connectivity index (χ4n) is 3.49. The van der Waals surface area contributed by atoms with Gasteiger partial charge in [-0.3, -0.25) is 9.69 Å². The number of halogens is 1. The largest absolute Gasteiger partial charge is 0.348 e. The lowest BCUT2D eigenvalue weighted by atomic mass is 10.0. The van der Waals surface area contributed by atoms with Gasteiger partial charge in [-0.1, -0.05) is 36.4 Å². The molecular formula is C20H28ClN3O. The van der Waals surface area contributed by atoms with Gasteiger partial charge < -0.3 is 10.6 Å². The number of amides is 1. The number of piperidine rings is 1. The highest BCUT2D eigenvalue weighted by molar-refractivity contribution is 5.85. The van der Waals surface area contributed by atoms with Crippen LogP contribution in [0.3, 0.4) is 0 Å².